The van der Waals surface area contributed by atoms with Crippen molar-refractivity contribution in [3.05, 3.63) is 54.1 Å². The summed E-state index contributed by atoms with van der Waals surface area (Å²) in [4.78, 5) is 4.46. The zero-order valence-electron chi connectivity index (χ0n) is 11.9. The maximum Gasteiger partial charge on any atom is 0.128 e. The topological polar surface area (TPSA) is 30.8 Å². The lowest BCUT2D eigenvalue weighted by atomic mass is 10.2. The van der Waals surface area contributed by atoms with E-state index in [1.54, 1.807) is 0 Å². The van der Waals surface area contributed by atoms with Crippen LogP contribution in [0.4, 0.5) is 5.69 Å². The normalized spacial score (nSPS) is 10.7. The van der Waals surface area contributed by atoms with E-state index in [0.717, 1.165) is 22.7 Å². The smallest absolute Gasteiger partial charge is 0.128 e. The first kappa shape index (κ1) is 14.1. The van der Waals surface area contributed by atoms with E-state index in [4.69, 9.17) is 9.47 Å². The Hall–Kier alpha value is -2.29. The molecule has 0 spiro atoms. The van der Waals surface area contributed by atoms with Crippen molar-refractivity contribution in [2.45, 2.75) is 13.8 Å². The molecule has 0 aliphatic heterocycles. The summed E-state index contributed by atoms with van der Waals surface area (Å²) >= 11 is 0. The highest BCUT2D eigenvalue weighted by Gasteiger charge is 1.99. The van der Waals surface area contributed by atoms with Gasteiger partial charge in [0.1, 0.15) is 11.5 Å². The molecule has 0 aliphatic carbocycles. The van der Waals surface area contributed by atoms with E-state index in [9.17, 15) is 0 Å². The van der Waals surface area contributed by atoms with Crippen LogP contribution in [-0.2, 0) is 0 Å². The third-order valence-corrected chi connectivity index (χ3v) is 2.72. The van der Waals surface area contributed by atoms with Crippen LogP contribution in [0, 0.1) is 0 Å². The van der Waals surface area contributed by atoms with Crippen LogP contribution in [-0.4, -0.2) is 19.4 Å². The number of hydrogen-bond acceptors (Lipinski definition) is 3. The summed E-state index contributed by atoms with van der Waals surface area (Å²) in [5.74, 6) is 1.71. The average Bonchev–Trinajstić information content (AvgIpc) is 2.48. The molecule has 3 heteroatoms. The number of rotatable bonds is 6. The van der Waals surface area contributed by atoms with Crippen molar-refractivity contribution in [2.24, 2.45) is 4.99 Å². The summed E-state index contributed by atoms with van der Waals surface area (Å²) in [5.41, 5.74) is 1.86. The van der Waals surface area contributed by atoms with Crippen LogP contribution in [0.3, 0.4) is 0 Å². The SMILES string of the molecule is CCOc1ccc(N=Cc2ccccc2OCC)cc1. The lowest BCUT2D eigenvalue weighted by Crippen LogP contribution is -1.95. The monoisotopic (exact) mass is 269 g/mol. The second-order valence-corrected chi connectivity index (χ2v) is 4.16. The molecule has 0 fully saturated rings. The first-order valence-electron chi connectivity index (χ1n) is 6.82. The average molecular weight is 269 g/mol. The lowest BCUT2D eigenvalue weighted by molar-refractivity contribution is 0.339. The van der Waals surface area contributed by atoms with Crippen molar-refractivity contribution in [3.8, 4) is 11.5 Å². The zero-order chi connectivity index (χ0) is 14.2. The quantitative estimate of drug-likeness (QED) is 0.734. The maximum absolute atomic E-state index is 5.57. The number of hydrogen-bond donors (Lipinski definition) is 0. The molecule has 2 aromatic carbocycles. The molecule has 0 radical (unpaired) electrons. The van der Waals surface area contributed by atoms with Crippen molar-refractivity contribution in [3.63, 3.8) is 0 Å². The predicted molar refractivity (Wildman–Crippen MR) is 82.5 cm³/mol. The molecule has 20 heavy (non-hydrogen) atoms. The predicted octanol–water partition coefficient (Wildman–Crippen LogP) is 4.23. The standard InChI is InChI=1S/C17H19NO2/c1-3-19-16-11-9-15(10-12-16)18-13-14-7-5-6-8-17(14)20-4-2/h5-13H,3-4H2,1-2H3. The molecular weight excluding hydrogens is 250 g/mol. The van der Waals surface area contributed by atoms with Gasteiger partial charge in [-0.1, -0.05) is 12.1 Å². The molecule has 104 valence electrons. The molecule has 3 nitrogen and oxygen atoms in total. The van der Waals surface area contributed by atoms with Gasteiger partial charge in [0.25, 0.3) is 0 Å². The Kier molecular flexibility index (Phi) is 5.18. The molecule has 0 heterocycles. The summed E-state index contributed by atoms with van der Waals surface area (Å²) in [6, 6.07) is 15.6. The minimum Gasteiger partial charge on any atom is -0.494 e. The van der Waals surface area contributed by atoms with Crippen molar-refractivity contribution in [1.29, 1.82) is 0 Å². The first-order valence-corrected chi connectivity index (χ1v) is 6.82. The van der Waals surface area contributed by atoms with Crippen LogP contribution in [0.2, 0.25) is 0 Å². The Balaban J connectivity index is 2.12. The van der Waals surface area contributed by atoms with E-state index in [1.807, 2.05) is 68.6 Å². The summed E-state index contributed by atoms with van der Waals surface area (Å²) in [5, 5.41) is 0. The van der Waals surface area contributed by atoms with Crippen molar-refractivity contribution in [1.82, 2.24) is 0 Å². The Bertz CT molecular complexity index is 561. The molecule has 0 bridgehead atoms. The van der Waals surface area contributed by atoms with Gasteiger partial charge in [-0.2, -0.15) is 0 Å². The largest absolute Gasteiger partial charge is 0.494 e. The fourth-order valence-corrected chi connectivity index (χ4v) is 1.81. The molecule has 0 saturated carbocycles. The van der Waals surface area contributed by atoms with Gasteiger partial charge in [-0.15, -0.1) is 0 Å². The molecule has 0 N–H and O–H groups in total. The summed E-state index contributed by atoms with van der Waals surface area (Å²) < 4.78 is 11.0. The molecular formula is C17H19NO2. The van der Waals surface area contributed by atoms with Crippen molar-refractivity contribution in [2.75, 3.05) is 13.2 Å². The van der Waals surface area contributed by atoms with Gasteiger partial charge in [0.05, 0.1) is 18.9 Å². The van der Waals surface area contributed by atoms with E-state index in [1.165, 1.54) is 0 Å². The third kappa shape index (κ3) is 3.85. The van der Waals surface area contributed by atoms with Crippen molar-refractivity contribution < 1.29 is 9.47 Å². The summed E-state index contributed by atoms with van der Waals surface area (Å²) in [7, 11) is 0. The highest BCUT2D eigenvalue weighted by atomic mass is 16.5. The molecule has 0 aliphatic rings. The third-order valence-electron chi connectivity index (χ3n) is 2.72. The van der Waals surface area contributed by atoms with Gasteiger partial charge in [0, 0.05) is 11.8 Å². The van der Waals surface area contributed by atoms with Crippen LogP contribution < -0.4 is 9.47 Å². The van der Waals surface area contributed by atoms with Gasteiger partial charge in [0.2, 0.25) is 0 Å². The van der Waals surface area contributed by atoms with E-state index < -0.39 is 0 Å². The number of aliphatic imine (C=N–C) groups is 1. The highest BCUT2D eigenvalue weighted by Crippen LogP contribution is 2.20. The second kappa shape index (κ2) is 7.34. The lowest BCUT2D eigenvalue weighted by Gasteiger charge is -2.06. The van der Waals surface area contributed by atoms with E-state index in [0.29, 0.717) is 13.2 Å². The Labute approximate surface area is 119 Å². The minimum atomic E-state index is 0.647. The fourth-order valence-electron chi connectivity index (χ4n) is 1.81. The Morgan fingerprint density at radius 3 is 2.30 bits per heavy atom. The van der Waals surface area contributed by atoms with Crippen molar-refractivity contribution >= 4 is 11.9 Å². The maximum atomic E-state index is 5.57. The highest BCUT2D eigenvalue weighted by molar-refractivity contribution is 5.85. The van der Waals surface area contributed by atoms with Gasteiger partial charge in [-0.3, -0.25) is 4.99 Å². The number of benzene rings is 2. The molecule has 2 rings (SSSR count). The zero-order valence-corrected chi connectivity index (χ0v) is 11.9. The number of para-hydroxylation sites is 1. The Morgan fingerprint density at radius 2 is 1.60 bits per heavy atom. The summed E-state index contributed by atoms with van der Waals surface area (Å²) in [6.45, 7) is 5.26. The minimum absolute atomic E-state index is 0.647. The van der Waals surface area contributed by atoms with E-state index in [-0.39, 0.29) is 0 Å². The van der Waals surface area contributed by atoms with E-state index >= 15 is 0 Å². The fraction of sp³-hybridized carbons (Fsp3) is 0.235. The molecule has 2 aromatic rings. The number of ether oxygens (including phenoxy) is 2. The van der Waals surface area contributed by atoms with Gasteiger partial charge in [0.15, 0.2) is 0 Å². The van der Waals surface area contributed by atoms with Crippen LogP contribution in [0.15, 0.2) is 53.5 Å². The van der Waals surface area contributed by atoms with E-state index in [2.05, 4.69) is 4.99 Å². The van der Waals surface area contributed by atoms with Crippen LogP contribution in [0.25, 0.3) is 0 Å². The van der Waals surface area contributed by atoms with Gasteiger partial charge in [-0.05, 0) is 50.2 Å². The van der Waals surface area contributed by atoms with Crippen LogP contribution >= 0.6 is 0 Å². The molecule has 0 atom stereocenters. The first-order chi connectivity index (χ1) is 9.83. The van der Waals surface area contributed by atoms with Gasteiger partial charge < -0.3 is 9.47 Å². The van der Waals surface area contributed by atoms with Gasteiger partial charge in [-0.25, -0.2) is 0 Å². The van der Waals surface area contributed by atoms with Crippen LogP contribution in [0.1, 0.15) is 19.4 Å². The van der Waals surface area contributed by atoms with Gasteiger partial charge >= 0.3 is 0 Å². The molecule has 0 saturated heterocycles. The Morgan fingerprint density at radius 1 is 0.900 bits per heavy atom. The van der Waals surface area contributed by atoms with Crippen LogP contribution in [0.5, 0.6) is 11.5 Å². The summed E-state index contributed by atoms with van der Waals surface area (Å²) in [6.07, 6.45) is 1.82. The number of nitrogens with zero attached hydrogens (tertiary/aromatic N) is 1. The molecule has 0 amide bonds. The second-order valence-electron chi connectivity index (χ2n) is 4.16. The molecule has 0 unspecified atom stereocenters. The molecule has 0 aromatic heterocycles.